The topological polar surface area (TPSA) is 755 Å². The SMILES string of the molecule is CC1C(O)[C@H](O[C@@H]2OC(CO)[C@H](O)C(O)[C@@H]2O)[C@H](CO)C[C@H]1O[C@@H]1C(O)[C@H](O)C(CO)O[C@@H]1OCC(O[C@H](CO)O[C@@H]1C(CO)O[C@@H](O[C@@H]2C(CO)O[C@@H](C)[C@@H](C)C2O)[C@@H](C)C1O)[C@@H](O)[C@@H](C)O[C@H]1O[C@H](CO)[C@@H](O)C(O)C1O[C@@H]1OC(CO)[C@H](O[C@@H]2OC(CO)[C@H](C)C(O[C@]3(C(=O)O)C[C@@H](O)[C@@H](N)C(C(O)C(O)CO)O3)[C@@H]2O)C(O)[C@@H]1C. The van der Waals surface area contributed by atoms with Gasteiger partial charge in [0.1, 0.15) is 146 Å². The predicted octanol–water partition coefficient (Wildman–Crippen LogP) is -14.9. The first-order chi connectivity index (χ1) is 55.8. The Hall–Kier alpha value is -2.33. The van der Waals surface area contributed by atoms with Gasteiger partial charge < -0.3 is 229 Å². The van der Waals surface area contributed by atoms with Crippen LogP contribution in [-0.4, -0.2) is 486 Å². The van der Waals surface area contributed by atoms with E-state index < -0.39 is 390 Å². The van der Waals surface area contributed by atoms with Crippen molar-refractivity contribution < 1.29 is 228 Å². The van der Waals surface area contributed by atoms with Gasteiger partial charge in [0, 0.05) is 48.5 Å². The Morgan fingerprint density at radius 1 is 0.432 bits per heavy atom. The molecule has 47 heteroatoms. The predicted molar refractivity (Wildman–Crippen MR) is 378 cm³/mol. The van der Waals surface area contributed by atoms with E-state index in [2.05, 4.69) is 0 Å². The summed E-state index contributed by atoms with van der Waals surface area (Å²) in [4.78, 5) is 13.1. The summed E-state index contributed by atoms with van der Waals surface area (Å²) >= 11 is 0. The largest absolute Gasteiger partial charge is 0.477 e. The smallest absolute Gasteiger partial charge is 0.364 e. The molecule has 9 aliphatic rings. The zero-order valence-corrected chi connectivity index (χ0v) is 65.9. The van der Waals surface area contributed by atoms with Gasteiger partial charge in [0.2, 0.25) is 0 Å². The number of rotatable bonds is 36. The fraction of sp³-hybridized carbons (Fsp3) is 0.986. The Kier molecular flexibility index (Phi) is 36.6. The molecule has 0 spiro atoms. The maximum Gasteiger partial charge on any atom is 0.364 e. The summed E-state index contributed by atoms with van der Waals surface area (Å²) in [6, 6.07) is -1.57. The Bertz CT molecular complexity index is 2980. The zero-order valence-electron chi connectivity index (χ0n) is 65.9. The monoisotopic (exact) mass is 1730 g/mol. The number of ether oxygens (including phenoxy) is 18. The van der Waals surface area contributed by atoms with Crippen LogP contribution in [0.25, 0.3) is 0 Å². The van der Waals surface area contributed by atoms with Crippen LogP contribution >= 0.6 is 0 Å². The molecule has 0 amide bonds. The highest BCUT2D eigenvalue weighted by atomic mass is 16.8. The summed E-state index contributed by atoms with van der Waals surface area (Å²) in [6.07, 6.45) is -74.9. The number of carboxylic acid groups (broad SMARTS) is 1. The lowest BCUT2D eigenvalue weighted by Crippen LogP contribution is -2.69. The molecule has 29 N–H and O–H groups in total. The first-order valence-corrected chi connectivity index (χ1v) is 39.6. The van der Waals surface area contributed by atoms with Crippen molar-refractivity contribution in [2.45, 2.75) is 331 Å². The molecule has 1 saturated carbocycles. The molecule has 690 valence electrons. The van der Waals surface area contributed by atoms with Gasteiger partial charge in [-0.3, -0.25) is 0 Å². The molecule has 8 saturated heterocycles. The van der Waals surface area contributed by atoms with Gasteiger partial charge in [0.05, 0.1) is 139 Å². The van der Waals surface area contributed by atoms with Crippen molar-refractivity contribution in [3.63, 3.8) is 0 Å². The van der Waals surface area contributed by atoms with Crippen molar-refractivity contribution in [1.29, 1.82) is 0 Å². The molecule has 1 aliphatic carbocycles. The summed E-state index contributed by atoms with van der Waals surface area (Å²) in [7, 11) is 0. The van der Waals surface area contributed by atoms with E-state index in [9.17, 15) is 143 Å². The Morgan fingerprint density at radius 2 is 0.881 bits per heavy atom. The van der Waals surface area contributed by atoms with E-state index in [0.29, 0.717) is 0 Å². The lowest BCUT2D eigenvalue weighted by Gasteiger charge is -2.51. The third-order valence-electron chi connectivity index (χ3n) is 24.4. The average molecular weight is 1730 g/mol. The summed E-state index contributed by atoms with van der Waals surface area (Å²) in [5, 5.41) is 298. The molecular formula is C71H125NO46. The number of nitrogens with two attached hydrogens (primary N) is 1. The van der Waals surface area contributed by atoms with E-state index in [1.54, 1.807) is 13.8 Å². The van der Waals surface area contributed by atoms with E-state index >= 15 is 0 Å². The van der Waals surface area contributed by atoms with Crippen molar-refractivity contribution in [2.24, 2.45) is 41.2 Å². The van der Waals surface area contributed by atoms with Crippen molar-refractivity contribution in [2.75, 3.05) is 72.7 Å². The molecule has 50 atom stereocenters. The molecule has 0 aromatic carbocycles. The van der Waals surface area contributed by atoms with Crippen molar-refractivity contribution in [3.05, 3.63) is 0 Å². The minimum Gasteiger partial charge on any atom is -0.477 e. The van der Waals surface area contributed by atoms with Crippen LogP contribution < -0.4 is 5.73 Å². The van der Waals surface area contributed by atoms with E-state index in [1.807, 2.05) is 0 Å². The molecule has 9 rings (SSSR count). The van der Waals surface area contributed by atoms with Gasteiger partial charge in [-0.15, -0.1) is 0 Å². The van der Waals surface area contributed by atoms with E-state index in [-0.39, 0.29) is 6.42 Å². The first-order valence-electron chi connectivity index (χ1n) is 39.6. The highest BCUT2D eigenvalue weighted by Gasteiger charge is 2.62. The maximum atomic E-state index is 13.1. The van der Waals surface area contributed by atoms with Gasteiger partial charge in [0.25, 0.3) is 5.79 Å². The fourth-order valence-electron chi connectivity index (χ4n) is 16.4. The molecule has 47 nitrogen and oxygen atoms in total. The number of carboxylic acids is 1. The average Bonchev–Trinajstić information content (AvgIpc) is 0.751. The van der Waals surface area contributed by atoms with E-state index in [4.69, 9.17) is 91.0 Å². The number of carbonyl (C=O) groups is 1. The van der Waals surface area contributed by atoms with Crippen LogP contribution in [0.15, 0.2) is 0 Å². The summed E-state index contributed by atoms with van der Waals surface area (Å²) < 4.78 is 109. The van der Waals surface area contributed by atoms with Crippen LogP contribution in [-0.2, 0) is 90.1 Å². The van der Waals surface area contributed by atoms with Gasteiger partial charge in [-0.05, 0) is 20.3 Å². The fourth-order valence-corrected chi connectivity index (χ4v) is 16.4. The minimum atomic E-state index is -2.98. The molecule has 0 aromatic heterocycles. The van der Waals surface area contributed by atoms with Crippen LogP contribution in [0.2, 0.25) is 0 Å². The molecular weight excluding hydrogens is 1600 g/mol. The van der Waals surface area contributed by atoms with Gasteiger partial charge in [-0.1, -0.05) is 34.6 Å². The highest BCUT2D eigenvalue weighted by molar-refractivity contribution is 5.76. The van der Waals surface area contributed by atoms with Gasteiger partial charge in [0.15, 0.2) is 44.0 Å². The second-order valence-corrected chi connectivity index (χ2v) is 32.2. The van der Waals surface area contributed by atoms with Crippen LogP contribution in [0.4, 0.5) is 0 Å². The molecule has 0 aromatic rings. The lowest BCUT2D eigenvalue weighted by molar-refractivity contribution is -0.390. The lowest BCUT2D eigenvalue weighted by atomic mass is 9.76. The molecule has 0 radical (unpaired) electrons. The van der Waals surface area contributed by atoms with Crippen molar-refractivity contribution >= 4 is 5.97 Å². The normalized spacial score (nSPS) is 48.9. The van der Waals surface area contributed by atoms with Gasteiger partial charge in [-0.2, -0.15) is 0 Å². The summed E-state index contributed by atoms with van der Waals surface area (Å²) in [6.45, 7) is -0.291. The first kappa shape index (κ1) is 99.4. The van der Waals surface area contributed by atoms with Crippen LogP contribution in [0.5, 0.6) is 0 Å². The Morgan fingerprint density at radius 3 is 1.42 bits per heavy atom. The van der Waals surface area contributed by atoms with Crippen molar-refractivity contribution in [3.8, 4) is 0 Å². The summed E-state index contributed by atoms with van der Waals surface area (Å²) in [5.74, 6) is -11.4. The molecule has 118 heavy (non-hydrogen) atoms. The molecule has 0 bridgehead atoms. The van der Waals surface area contributed by atoms with Crippen LogP contribution in [0.3, 0.4) is 0 Å². The number of aliphatic hydroxyl groups is 26. The van der Waals surface area contributed by atoms with E-state index in [1.165, 1.54) is 27.7 Å². The molecule has 8 heterocycles. The molecule has 9 fully saturated rings. The van der Waals surface area contributed by atoms with Gasteiger partial charge >= 0.3 is 5.97 Å². The zero-order chi connectivity index (χ0) is 87.3. The van der Waals surface area contributed by atoms with Crippen LogP contribution in [0, 0.1) is 35.5 Å². The van der Waals surface area contributed by atoms with Crippen LogP contribution in [0.1, 0.15) is 61.3 Å². The molecule has 8 aliphatic heterocycles. The number of aliphatic hydroxyl groups excluding tert-OH is 26. The Balaban J connectivity index is 0.966. The Labute approximate surface area is 676 Å². The number of hydrogen-bond acceptors (Lipinski definition) is 46. The van der Waals surface area contributed by atoms with Crippen molar-refractivity contribution in [1.82, 2.24) is 0 Å². The molecule has 20 unspecified atom stereocenters. The van der Waals surface area contributed by atoms with Gasteiger partial charge in [-0.25, -0.2) is 4.79 Å². The summed E-state index contributed by atoms with van der Waals surface area (Å²) in [5.41, 5.74) is 6.05. The second-order valence-electron chi connectivity index (χ2n) is 32.2. The highest BCUT2D eigenvalue weighted by Crippen LogP contribution is 2.44. The number of hydrogen-bond donors (Lipinski definition) is 28. The third-order valence-corrected chi connectivity index (χ3v) is 24.4. The number of aliphatic carboxylic acids is 1. The maximum absolute atomic E-state index is 13.1. The van der Waals surface area contributed by atoms with E-state index in [0.717, 1.165) is 6.92 Å². The second kappa shape index (κ2) is 43.4. The minimum absolute atomic E-state index is 0.264. The quantitative estimate of drug-likeness (QED) is 0.0259. The standard InChI is InChI=1S/C71H125NO46/c1-21-26(6)102-36(16-79)59(42(21)85)114-64-24(4)44(87)58(37(17-80)110-64)112-40(19-82)104-39(20-101-68-62(52(95)49(92)34(14-77)108-68)105-31-8-28(10-73)57(43(86)22(31)2)113-66-54(97)51(94)48(91)33(13-76)107-66)46(89)27(7)103-69-63(53(96)50(93)35(15-78)109-69)116-65-25(5)45(88)60(38(18-81)111-65)115-67-55(98)56(23(3)32(12-75)106-67)117-71(70(99)100)9-29(83)41(72)61(118-71)47(90)30(84)11-74/h21-69,73-98H,8-20,72H2,1-7H3,(H,99,100)/t21-,22?,23+,24+,25+,26+,27-,28+,29-,30?,31-,32?,33?,34?,35-,36?,37?,38?,39?,40+,41-,42?,43?,44?,45?,46+,47?,48+,49-,50-,51?,52?,53?,54+,55+,56?,57-,58-,59-,60+,61?,62-,63?,64+,65+,66+,67+,68+,69+,71-/m1/s1. The third kappa shape index (κ3) is 21.4.